The maximum atomic E-state index is 12.4. The Kier molecular flexibility index (Phi) is 5.92. The second-order valence-corrected chi connectivity index (χ2v) is 8.11. The van der Waals surface area contributed by atoms with Gasteiger partial charge < -0.3 is 15.3 Å². The number of carbonyl (C=O) groups is 1. The number of hydrogen-bond donors (Lipinski definition) is 2. The van der Waals surface area contributed by atoms with E-state index in [0.717, 1.165) is 31.5 Å². The highest BCUT2D eigenvalue weighted by atomic mass is 16.3. The number of benzene rings is 1. The van der Waals surface area contributed by atoms with Crippen molar-refractivity contribution >= 4 is 6.03 Å². The number of aliphatic hydroxyl groups excluding tert-OH is 1. The van der Waals surface area contributed by atoms with Crippen LogP contribution in [0.1, 0.15) is 64.6 Å². The van der Waals surface area contributed by atoms with E-state index in [-0.39, 0.29) is 23.6 Å². The highest BCUT2D eigenvalue weighted by Crippen LogP contribution is 2.24. The standard InChI is InChI=1S/C20H32N2O2/c1-14(16-6-8-18(9-7-16)20(3,4)5)21-19(24)22-12-10-17(11-13-22)15(2)23/h6-9,14-15,17,23H,10-13H2,1-5H3,(H,21,24). The predicted molar refractivity (Wildman–Crippen MR) is 98.1 cm³/mol. The number of likely N-dealkylation sites (tertiary alicyclic amines) is 1. The molecule has 2 N–H and O–H groups in total. The largest absolute Gasteiger partial charge is 0.393 e. The van der Waals surface area contributed by atoms with Crippen LogP contribution in [-0.4, -0.2) is 35.2 Å². The number of rotatable bonds is 3. The molecule has 1 heterocycles. The maximum Gasteiger partial charge on any atom is 0.317 e. The van der Waals surface area contributed by atoms with Gasteiger partial charge in [-0.15, -0.1) is 0 Å². The second kappa shape index (κ2) is 7.56. The summed E-state index contributed by atoms with van der Waals surface area (Å²) in [6, 6.07) is 8.47. The van der Waals surface area contributed by atoms with Gasteiger partial charge in [0.05, 0.1) is 12.1 Å². The van der Waals surface area contributed by atoms with Crippen molar-refractivity contribution in [2.24, 2.45) is 5.92 Å². The van der Waals surface area contributed by atoms with Crippen LogP contribution >= 0.6 is 0 Å². The first-order valence-electron chi connectivity index (χ1n) is 9.02. The summed E-state index contributed by atoms with van der Waals surface area (Å²) in [6.45, 7) is 11.9. The summed E-state index contributed by atoms with van der Waals surface area (Å²) in [4.78, 5) is 14.3. The van der Waals surface area contributed by atoms with E-state index in [1.165, 1.54) is 5.56 Å². The number of piperidine rings is 1. The minimum absolute atomic E-state index is 0.00793. The van der Waals surface area contributed by atoms with Crippen LogP contribution in [-0.2, 0) is 5.41 Å². The normalized spacial score (nSPS) is 19.0. The third kappa shape index (κ3) is 4.73. The Hall–Kier alpha value is -1.55. The van der Waals surface area contributed by atoms with Crippen LogP contribution in [0.4, 0.5) is 4.79 Å². The fourth-order valence-electron chi connectivity index (χ4n) is 3.22. The Balaban J connectivity index is 1.90. The van der Waals surface area contributed by atoms with Crippen molar-refractivity contribution in [3.05, 3.63) is 35.4 Å². The lowest BCUT2D eigenvalue weighted by molar-refractivity contribution is 0.0794. The van der Waals surface area contributed by atoms with E-state index in [2.05, 4.69) is 50.4 Å². The van der Waals surface area contributed by atoms with Gasteiger partial charge in [-0.05, 0) is 49.1 Å². The Labute approximate surface area is 146 Å². The van der Waals surface area contributed by atoms with Crippen molar-refractivity contribution in [3.8, 4) is 0 Å². The zero-order valence-electron chi connectivity index (χ0n) is 15.7. The Morgan fingerprint density at radius 3 is 2.17 bits per heavy atom. The SMILES string of the molecule is CC(NC(=O)N1CCC(C(C)O)CC1)c1ccc(C(C)(C)C)cc1. The minimum atomic E-state index is -0.282. The van der Waals surface area contributed by atoms with Crippen molar-refractivity contribution < 1.29 is 9.90 Å². The van der Waals surface area contributed by atoms with Crippen LogP contribution in [0.25, 0.3) is 0 Å². The third-order valence-electron chi connectivity index (χ3n) is 5.13. The van der Waals surface area contributed by atoms with E-state index in [9.17, 15) is 9.90 Å². The molecule has 1 saturated heterocycles. The number of nitrogens with one attached hydrogen (secondary N) is 1. The van der Waals surface area contributed by atoms with Crippen molar-refractivity contribution in [2.75, 3.05) is 13.1 Å². The molecule has 0 radical (unpaired) electrons. The smallest absolute Gasteiger partial charge is 0.317 e. The fraction of sp³-hybridized carbons (Fsp3) is 0.650. The Morgan fingerprint density at radius 1 is 1.17 bits per heavy atom. The predicted octanol–water partition coefficient (Wildman–Crippen LogP) is 3.85. The summed E-state index contributed by atoms with van der Waals surface area (Å²) in [5.41, 5.74) is 2.55. The van der Waals surface area contributed by atoms with Gasteiger partial charge >= 0.3 is 6.03 Å². The molecule has 2 atom stereocenters. The lowest BCUT2D eigenvalue weighted by Crippen LogP contribution is -2.46. The van der Waals surface area contributed by atoms with Crippen molar-refractivity contribution in [1.82, 2.24) is 10.2 Å². The van der Waals surface area contributed by atoms with Gasteiger partial charge in [0.25, 0.3) is 0 Å². The summed E-state index contributed by atoms with van der Waals surface area (Å²) in [6.07, 6.45) is 1.47. The summed E-state index contributed by atoms with van der Waals surface area (Å²) in [5, 5.41) is 12.7. The molecule has 2 amide bonds. The minimum Gasteiger partial charge on any atom is -0.393 e. The van der Waals surface area contributed by atoms with Gasteiger partial charge in [-0.25, -0.2) is 4.79 Å². The van der Waals surface area contributed by atoms with E-state index < -0.39 is 0 Å². The van der Waals surface area contributed by atoms with Gasteiger partial charge in [-0.1, -0.05) is 45.0 Å². The third-order valence-corrected chi connectivity index (χ3v) is 5.13. The Morgan fingerprint density at radius 2 is 1.71 bits per heavy atom. The molecule has 1 aliphatic rings. The number of carbonyl (C=O) groups excluding carboxylic acids is 1. The van der Waals surface area contributed by atoms with Crippen LogP contribution in [0.5, 0.6) is 0 Å². The molecule has 1 aromatic carbocycles. The number of aliphatic hydroxyl groups is 1. The molecule has 134 valence electrons. The number of urea groups is 1. The van der Waals surface area contributed by atoms with Gasteiger partial charge in [0, 0.05) is 13.1 Å². The van der Waals surface area contributed by atoms with Crippen molar-refractivity contribution in [2.45, 2.75) is 65.0 Å². The molecular formula is C20H32N2O2. The van der Waals surface area contributed by atoms with Crippen LogP contribution in [0, 0.1) is 5.92 Å². The van der Waals surface area contributed by atoms with Crippen LogP contribution in [0.15, 0.2) is 24.3 Å². The Bertz CT molecular complexity index is 538. The number of nitrogens with zero attached hydrogens (tertiary/aromatic N) is 1. The number of hydrogen-bond acceptors (Lipinski definition) is 2. The average molecular weight is 332 g/mol. The maximum absolute atomic E-state index is 12.4. The first kappa shape index (κ1) is 18.8. The van der Waals surface area contributed by atoms with E-state index in [0.29, 0.717) is 5.92 Å². The monoisotopic (exact) mass is 332 g/mol. The first-order chi connectivity index (χ1) is 11.2. The van der Waals surface area contributed by atoms with Crippen molar-refractivity contribution in [3.63, 3.8) is 0 Å². The molecule has 0 saturated carbocycles. The molecule has 24 heavy (non-hydrogen) atoms. The molecule has 1 aliphatic heterocycles. The fourth-order valence-corrected chi connectivity index (χ4v) is 3.22. The van der Waals surface area contributed by atoms with E-state index in [4.69, 9.17) is 0 Å². The van der Waals surface area contributed by atoms with Gasteiger partial charge in [0.15, 0.2) is 0 Å². The van der Waals surface area contributed by atoms with Gasteiger partial charge in [0.1, 0.15) is 0 Å². The molecule has 0 bridgehead atoms. The van der Waals surface area contributed by atoms with Gasteiger partial charge in [-0.3, -0.25) is 0 Å². The highest BCUT2D eigenvalue weighted by Gasteiger charge is 2.26. The molecule has 0 aromatic heterocycles. The van der Waals surface area contributed by atoms with Crippen molar-refractivity contribution in [1.29, 1.82) is 0 Å². The summed E-state index contributed by atoms with van der Waals surface area (Å²) >= 11 is 0. The number of amides is 2. The summed E-state index contributed by atoms with van der Waals surface area (Å²) < 4.78 is 0. The molecule has 1 aromatic rings. The van der Waals surface area contributed by atoms with Crippen LogP contribution < -0.4 is 5.32 Å². The lowest BCUT2D eigenvalue weighted by Gasteiger charge is -2.34. The van der Waals surface area contributed by atoms with E-state index in [1.807, 2.05) is 18.7 Å². The van der Waals surface area contributed by atoms with E-state index >= 15 is 0 Å². The molecule has 4 heteroatoms. The topological polar surface area (TPSA) is 52.6 Å². The molecule has 1 fully saturated rings. The molecule has 0 aliphatic carbocycles. The van der Waals surface area contributed by atoms with Crippen LogP contribution in [0.2, 0.25) is 0 Å². The molecule has 2 unspecified atom stereocenters. The van der Waals surface area contributed by atoms with Gasteiger partial charge in [-0.2, -0.15) is 0 Å². The zero-order chi connectivity index (χ0) is 17.9. The van der Waals surface area contributed by atoms with Gasteiger partial charge in [0.2, 0.25) is 0 Å². The molecule has 2 rings (SSSR count). The molecular weight excluding hydrogens is 300 g/mol. The lowest BCUT2D eigenvalue weighted by atomic mass is 9.86. The summed E-state index contributed by atoms with van der Waals surface area (Å²) in [5.74, 6) is 0.316. The summed E-state index contributed by atoms with van der Waals surface area (Å²) in [7, 11) is 0. The molecule has 0 spiro atoms. The average Bonchev–Trinajstić information content (AvgIpc) is 2.54. The zero-order valence-corrected chi connectivity index (χ0v) is 15.7. The second-order valence-electron chi connectivity index (χ2n) is 8.11. The highest BCUT2D eigenvalue weighted by molar-refractivity contribution is 5.74. The van der Waals surface area contributed by atoms with E-state index in [1.54, 1.807) is 0 Å². The van der Waals surface area contributed by atoms with Crippen LogP contribution in [0.3, 0.4) is 0 Å². The molecule has 4 nitrogen and oxygen atoms in total. The first-order valence-corrected chi connectivity index (χ1v) is 9.02. The quantitative estimate of drug-likeness (QED) is 0.883.